The first-order valence-electron chi connectivity index (χ1n) is 8.52. The first kappa shape index (κ1) is 20.2. The second-order valence-electron chi connectivity index (χ2n) is 7.06. The van der Waals surface area contributed by atoms with Gasteiger partial charge >= 0.3 is 0 Å². The molecule has 2 aliphatic rings. The molecule has 1 aromatic rings. The maximum Gasteiger partial charge on any atom is 0.193 e. The molecule has 1 unspecified atom stereocenters. The summed E-state index contributed by atoms with van der Waals surface area (Å²) in [5.41, 5.74) is 1.82. The molecule has 7 heteroatoms. The quantitative estimate of drug-likeness (QED) is 0.426. The Kier molecular flexibility index (Phi) is 6.90. The van der Waals surface area contributed by atoms with Crippen molar-refractivity contribution in [3.8, 4) is 0 Å². The number of rotatable bonds is 3. The number of hydrogen-bond donors (Lipinski definition) is 1. The second-order valence-corrected chi connectivity index (χ2v) is 7.06. The number of anilines is 1. The molecule has 5 nitrogen and oxygen atoms in total. The Bertz CT molecular complexity index is 617. The minimum absolute atomic E-state index is 0. The molecule has 0 bridgehead atoms. The van der Waals surface area contributed by atoms with Crippen LogP contribution in [0.2, 0.25) is 0 Å². The van der Waals surface area contributed by atoms with Crippen molar-refractivity contribution in [2.24, 2.45) is 10.4 Å². The molecule has 3 rings (SSSR count). The topological polar surface area (TPSA) is 40.1 Å². The highest BCUT2D eigenvalue weighted by atomic mass is 127. The van der Waals surface area contributed by atoms with Gasteiger partial charge in [-0.05, 0) is 30.5 Å². The van der Waals surface area contributed by atoms with Crippen molar-refractivity contribution >= 4 is 35.6 Å². The van der Waals surface area contributed by atoms with Gasteiger partial charge in [-0.15, -0.1) is 24.0 Å². The lowest BCUT2D eigenvalue weighted by atomic mass is 9.87. The van der Waals surface area contributed by atoms with E-state index in [9.17, 15) is 4.39 Å². The zero-order chi connectivity index (χ0) is 17.2. The fourth-order valence-electron chi connectivity index (χ4n) is 3.62. The Balaban J connectivity index is 0.00000225. The number of likely N-dealkylation sites (tertiary alicyclic amines) is 1. The second kappa shape index (κ2) is 8.53. The maximum atomic E-state index is 14.1. The number of hydrogen-bond acceptors (Lipinski definition) is 3. The number of guanidine groups is 1. The number of nitrogens with one attached hydrogen (secondary N) is 1. The third-order valence-electron chi connectivity index (χ3n) is 5.08. The summed E-state index contributed by atoms with van der Waals surface area (Å²) in [4.78, 5) is 8.46. The largest absolute Gasteiger partial charge is 0.381 e. The lowest BCUT2D eigenvalue weighted by Crippen LogP contribution is -2.41. The third kappa shape index (κ3) is 4.55. The highest BCUT2D eigenvalue weighted by molar-refractivity contribution is 14.0. The zero-order valence-electron chi connectivity index (χ0n) is 15.2. The summed E-state index contributed by atoms with van der Waals surface area (Å²) >= 11 is 0. The number of benzene rings is 1. The summed E-state index contributed by atoms with van der Waals surface area (Å²) < 4.78 is 19.7. The molecule has 2 saturated heterocycles. The van der Waals surface area contributed by atoms with Gasteiger partial charge in [-0.2, -0.15) is 0 Å². The molecule has 140 valence electrons. The SMILES string of the molecule is CN=C(NCc1ccc(N(C)C)c(F)c1)N1CCC2(CCOC2)C1.I. The van der Waals surface area contributed by atoms with E-state index in [1.54, 1.807) is 18.0 Å². The van der Waals surface area contributed by atoms with E-state index in [2.05, 4.69) is 15.2 Å². The van der Waals surface area contributed by atoms with Crippen LogP contribution in [-0.2, 0) is 11.3 Å². The summed E-state index contributed by atoms with van der Waals surface area (Å²) in [5.74, 6) is 0.688. The Morgan fingerprint density at radius 2 is 2.20 bits per heavy atom. The molecule has 1 aromatic carbocycles. The van der Waals surface area contributed by atoms with Crippen LogP contribution in [0.3, 0.4) is 0 Å². The van der Waals surface area contributed by atoms with Crippen molar-refractivity contribution in [3.63, 3.8) is 0 Å². The van der Waals surface area contributed by atoms with Gasteiger partial charge in [0.25, 0.3) is 0 Å². The molecular formula is C18H28FIN4O. The summed E-state index contributed by atoms with van der Waals surface area (Å²) in [5, 5.41) is 3.36. The van der Waals surface area contributed by atoms with Crippen molar-refractivity contribution in [1.82, 2.24) is 10.2 Å². The number of nitrogens with zero attached hydrogens (tertiary/aromatic N) is 3. The molecule has 1 N–H and O–H groups in total. The van der Waals surface area contributed by atoms with Crippen molar-refractivity contribution in [2.45, 2.75) is 19.4 Å². The van der Waals surface area contributed by atoms with Crippen LogP contribution in [0.4, 0.5) is 10.1 Å². The normalized spacial score (nSPS) is 23.0. The zero-order valence-corrected chi connectivity index (χ0v) is 17.5. The van der Waals surface area contributed by atoms with Crippen LogP contribution in [0.1, 0.15) is 18.4 Å². The summed E-state index contributed by atoms with van der Waals surface area (Å²) in [6, 6.07) is 5.36. The van der Waals surface area contributed by atoms with Crippen LogP contribution >= 0.6 is 24.0 Å². The molecule has 0 aliphatic carbocycles. The van der Waals surface area contributed by atoms with Crippen LogP contribution in [0.25, 0.3) is 0 Å². The fourth-order valence-corrected chi connectivity index (χ4v) is 3.62. The molecule has 0 saturated carbocycles. The van der Waals surface area contributed by atoms with E-state index in [-0.39, 0.29) is 29.8 Å². The first-order chi connectivity index (χ1) is 11.5. The molecule has 0 radical (unpaired) electrons. The van der Waals surface area contributed by atoms with Crippen molar-refractivity contribution in [3.05, 3.63) is 29.6 Å². The third-order valence-corrected chi connectivity index (χ3v) is 5.08. The minimum Gasteiger partial charge on any atom is -0.381 e. The molecule has 1 atom stereocenters. The van der Waals surface area contributed by atoms with Gasteiger partial charge in [0.1, 0.15) is 5.82 Å². The maximum absolute atomic E-state index is 14.1. The Morgan fingerprint density at radius 1 is 1.40 bits per heavy atom. The van der Waals surface area contributed by atoms with Crippen molar-refractivity contribution in [2.75, 3.05) is 52.3 Å². The van der Waals surface area contributed by atoms with Gasteiger partial charge in [0, 0.05) is 52.8 Å². The van der Waals surface area contributed by atoms with Crippen LogP contribution in [0.15, 0.2) is 23.2 Å². The van der Waals surface area contributed by atoms with E-state index in [1.807, 2.05) is 26.2 Å². The van der Waals surface area contributed by atoms with E-state index in [1.165, 1.54) is 0 Å². The first-order valence-corrected chi connectivity index (χ1v) is 8.52. The average molecular weight is 462 g/mol. The van der Waals surface area contributed by atoms with Gasteiger partial charge in [0.05, 0.1) is 12.3 Å². The van der Waals surface area contributed by atoms with Crippen molar-refractivity contribution in [1.29, 1.82) is 0 Å². The van der Waals surface area contributed by atoms with E-state index < -0.39 is 0 Å². The van der Waals surface area contributed by atoms with E-state index >= 15 is 0 Å². The summed E-state index contributed by atoms with van der Waals surface area (Å²) in [7, 11) is 5.48. The average Bonchev–Trinajstić information content (AvgIpc) is 3.18. The monoisotopic (exact) mass is 462 g/mol. The molecule has 2 aliphatic heterocycles. The smallest absolute Gasteiger partial charge is 0.193 e. The van der Waals surface area contributed by atoms with Gasteiger partial charge in [0.15, 0.2) is 5.96 Å². The molecule has 0 aromatic heterocycles. The predicted octanol–water partition coefficient (Wildman–Crippen LogP) is 2.70. The van der Waals surface area contributed by atoms with Crippen molar-refractivity contribution < 1.29 is 9.13 Å². The molecule has 0 amide bonds. The van der Waals surface area contributed by atoms with Gasteiger partial charge < -0.3 is 19.9 Å². The molecular weight excluding hydrogens is 434 g/mol. The van der Waals surface area contributed by atoms with Crippen LogP contribution < -0.4 is 10.2 Å². The Labute approximate surface area is 166 Å². The number of aliphatic imine (C=N–C) groups is 1. The lowest BCUT2D eigenvalue weighted by molar-refractivity contribution is 0.156. The van der Waals surface area contributed by atoms with Crippen LogP contribution in [0, 0.1) is 11.2 Å². The predicted molar refractivity (Wildman–Crippen MR) is 110 cm³/mol. The highest BCUT2D eigenvalue weighted by Gasteiger charge is 2.42. The fraction of sp³-hybridized carbons (Fsp3) is 0.611. The molecule has 25 heavy (non-hydrogen) atoms. The minimum atomic E-state index is -0.197. The van der Waals surface area contributed by atoms with Gasteiger partial charge in [-0.1, -0.05) is 6.07 Å². The van der Waals surface area contributed by atoms with E-state index in [0.29, 0.717) is 17.6 Å². The van der Waals surface area contributed by atoms with Gasteiger partial charge in [-0.3, -0.25) is 4.99 Å². The molecule has 2 heterocycles. The highest BCUT2D eigenvalue weighted by Crippen LogP contribution is 2.38. The Morgan fingerprint density at radius 3 is 2.80 bits per heavy atom. The van der Waals surface area contributed by atoms with E-state index in [0.717, 1.165) is 50.7 Å². The van der Waals surface area contributed by atoms with Gasteiger partial charge in [0.2, 0.25) is 0 Å². The summed E-state index contributed by atoms with van der Waals surface area (Å²) in [6.07, 6.45) is 2.29. The Hall–Kier alpha value is -1.09. The van der Waals surface area contributed by atoms with Gasteiger partial charge in [-0.25, -0.2) is 4.39 Å². The molecule has 2 fully saturated rings. The number of halogens is 2. The lowest BCUT2D eigenvalue weighted by Gasteiger charge is -2.25. The molecule has 1 spiro atoms. The number of ether oxygens (including phenoxy) is 1. The van der Waals surface area contributed by atoms with E-state index in [4.69, 9.17) is 4.74 Å². The van der Waals surface area contributed by atoms with Crippen LogP contribution in [0.5, 0.6) is 0 Å². The summed E-state index contributed by atoms with van der Waals surface area (Å²) in [6.45, 7) is 4.28. The van der Waals surface area contributed by atoms with Crippen LogP contribution in [-0.4, -0.2) is 58.3 Å². The standard InChI is InChI=1S/C18H27FN4O.HI/c1-20-17(23-8-6-18(12-23)7-9-24-13-18)21-11-14-4-5-16(22(2)3)15(19)10-14;/h4-5,10H,6-9,11-13H2,1-3H3,(H,20,21);1H.